The zero-order valence-corrected chi connectivity index (χ0v) is 14.0. The molecule has 0 aliphatic rings. The number of hydrogen-bond acceptors (Lipinski definition) is 3. The first-order valence-electron chi connectivity index (χ1n) is 5.42. The molecule has 2 rings (SSSR count). The fraction of sp³-hybridized carbons (Fsp3) is 0.0833. The van der Waals surface area contributed by atoms with Gasteiger partial charge in [0, 0.05) is 27.9 Å². The monoisotopic (exact) mass is 422 g/mol. The highest BCUT2D eigenvalue weighted by atomic mass is 79.9. The molecule has 1 N–H and O–H groups in total. The zero-order chi connectivity index (χ0) is 14.8. The fourth-order valence-corrected chi connectivity index (χ4v) is 3.37. The highest BCUT2D eigenvalue weighted by Gasteiger charge is 2.15. The maximum Gasteiger partial charge on any atom is 0.242 e. The number of aromatic nitrogens is 1. The quantitative estimate of drug-likeness (QED) is 0.821. The maximum absolute atomic E-state index is 13.1. The summed E-state index contributed by atoms with van der Waals surface area (Å²) < 4.78 is 40.9. The van der Waals surface area contributed by atoms with Gasteiger partial charge in [0.05, 0.1) is 0 Å². The van der Waals surface area contributed by atoms with Crippen LogP contribution in [0.4, 0.5) is 4.39 Å². The topological polar surface area (TPSA) is 59.1 Å². The van der Waals surface area contributed by atoms with E-state index in [-0.39, 0.29) is 11.4 Å². The molecule has 0 atom stereocenters. The average molecular weight is 424 g/mol. The van der Waals surface area contributed by atoms with Crippen LogP contribution in [0.2, 0.25) is 0 Å². The summed E-state index contributed by atoms with van der Waals surface area (Å²) in [6.07, 6.45) is 2.73. The smallest absolute Gasteiger partial charge is 0.242 e. The lowest BCUT2D eigenvalue weighted by Gasteiger charge is -2.08. The van der Waals surface area contributed by atoms with Gasteiger partial charge in [0.2, 0.25) is 10.0 Å². The Morgan fingerprint density at radius 1 is 1.20 bits per heavy atom. The lowest BCUT2D eigenvalue weighted by molar-refractivity contribution is 0.579. The fourth-order valence-electron chi connectivity index (χ4n) is 1.47. The number of hydrogen-bond donors (Lipinski definition) is 1. The van der Waals surface area contributed by atoms with E-state index in [1.54, 1.807) is 0 Å². The second-order valence-corrected chi connectivity index (χ2v) is 7.44. The van der Waals surface area contributed by atoms with Crippen molar-refractivity contribution in [3.05, 3.63) is 57.0 Å². The van der Waals surface area contributed by atoms with Gasteiger partial charge < -0.3 is 0 Å². The van der Waals surface area contributed by atoms with Gasteiger partial charge in [-0.05, 0) is 45.8 Å². The predicted octanol–water partition coefficient (Wildman–Crippen LogP) is 3.22. The van der Waals surface area contributed by atoms with Crippen molar-refractivity contribution in [3.63, 3.8) is 0 Å². The Kier molecular flexibility index (Phi) is 4.90. The normalized spacial score (nSPS) is 11.6. The molecule has 0 unspecified atom stereocenters. The molecular weight excluding hydrogens is 415 g/mol. The Hall–Kier alpha value is -0.830. The van der Waals surface area contributed by atoms with E-state index in [9.17, 15) is 12.8 Å². The highest BCUT2D eigenvalue weighted by Crippen LogP contribution is 2.19. The first kappa shape index (κ1) is 15.6. The molecule has 0 amide bonds. The molecule has 0 radical (unpaired) electrons. The molecule has 0 saturated heterocycles. The van der Waals surface area contributed by atoms with Gasteiger partial charge in [0.15, 0.2) is 0 Å². The summed E-state index contributed by atoms with van der Waals surface area (Å²) >= 11 is 6.40. The van der Waals surface area contributed by atoms with Crippen LogP contribution in [0.1, 0.15) is 5.56 Å². The van der Waals surface area contributed by atoms with Gasteiger partial charge in [0.25, 0.3) is 0 Å². The Morgan fingerprint density at radius 2 is 1.95 bits per heavy atom. The predicted molar refractivity (Wildman–Crippen MR) is 80.1 cm³/mol. The summed E-state index contributed by atoms with van der Waals surface area (Å²) in [5.74, 6) is -0.425. The van der Waals surface area contributed by atoms with Gasteiger partial charge in [-0.1, -0.05) is 15.9 Å². The van der Waals surface area contributed by atoms with E-state index in [0.717, 1.165) is 0 Å². The van der Waals surface area contributed by atoms with E-state index in [0.29, 0.717) is 14.5 Å². The molecule has 1 heterocycles. The van der Waals surface area contributed by atoms with Crippen LogP contribution in [0.15, 0.2) is 50.5 Å². The number of rotatable bonds is 4. The van der Waals surface area contributed by atoms with Crippen LogP contribution in [0.25, 0.3) is 0 Å². The molecule has 0 aliphatic heterocycles. The van der Waals surface area contributed by atoms with Crippen molar-refractivity contribution in [3.8, 4) is 0 Å². The minimum Gasteiger partial charge on any atom is -0.262 e. The Balaban J connectivity index is 2.19. The van der Waals surface area contributed by atoms with Crippen molar-refractivity contribution in [1.82, 2.24) is 9.71 Å². The van der Waals surface area contributed by atoms with Crippen LogP contribution in [-0.2, 0) is 16.6 Å². The van der Waals surface area contributed by atoms with E-state index < -0.39 is 15.8 Å². The van der Waals surface area contributed by atoms with Gasteiger partial charge in [-0.15, -0.1) is 0 Å². The summed E-state index contributed by atoms with van der Waals surface area (Å²) in [5.41, 5.74) is 0.511. The lowest BCUT2D eigenvalue weighted by Crippen LogP contribution is -2.23. The van der Waals surface area contributed by atoms with Crippen LogP contribution in [0.3, 0.4) is 0 Å². The summed E-state index contributed by atoms with van der Waals surface area (Å²) in [4.78, 5) is 3.84. The number of benzene rings is 1. The second kappa shape index (κ2) is 6.30. The molecule has 0 spiro atoms. The van der Waals surface area contributed by atoms with Crippen LogP contribution in [-0.4, -0.2) is 13.4 Å². The zero-order valence-electron chi connectivity index (χ0n) is 9.98. The number of sulfonamides is 1. The van der Waals surface area contributed by atoms with E-state index in [1.165, 1.54) is 36.7 Å². The van der Waals surface area contributed by atoms with Crippen LogP contribution in [0, 0.1) is 5.82 Å². The van der Waals surface area contributed by atoms with Crippen molar-refractivity contribution in [2.75, 3.05) is 0 Å². The summed E-state index contributed by atoms with van der Waals surface area (Å²) in [6, 6.07) is 5.53. The van der Waals surface area contributed by atoms with Crippen molar-refractivity contribution in [2.24, 2.45) is 0 Å². The SMILES string of the molecule is O=S(=O)(NCc1cc(F)ccc1Br)c1cncc(Br)c1. The summed E-state index contributed by atoms with van der Waals surface area (Å²) in [6.45, 7) is -0.0206. The van der Waals surface area contributed by atoms with Crippen LogP contribution in [0.5, 0.6) is 0 Å². The molecular formula is C12H9Br2FN2O2S. The minimum absolute atomic E-state index is 0.0206. The molecule has 2 aromatic rings. The van der Waals surface area contributed by atoms with Crippen LogP contribution < -0.4 is 4.72 Å². The van der Waals surface area contributed by atoms with Crippen LogP contribution >= 0.6 is 31.9 Å². The van der Waals surface area contributed by atoms with Crippen molar-refractivity contribution >= 4 is 41.9 Å². The van der Waals surface area contributed by atoms with Gasteiger partial charge >= 0.3 is 0 Å². The Morgan fingerprint density at radius 3 is 2.65 bits per heavy atom. The summed E-state index contributed by atoms with van der Waals surface area (Å²) in [5, 5.41) is 0. The molecule has 0 saturated carbocycles. The molecule has 1 aromatic heterocycles. The second-order valence-electron chi connectivity index (χ2n) is 3.90. The van der Waals surface area contributed by atoms with Crippen molar-refractivity contribution < 1.29 is 12.8 Å². The molecule has 4 nitrogen and oxygen atoms in total. The molecule has 106 valence electrons. The molecule has 8 heteroatoms. The molecule has 0 bridgehead atoms. The molecule has 1 aromatic carbocycles. The van der Waals surface area contributed by atoms with Crippen molar-refractivity contribution in [1.29, 1.82) is 0 Å². The standard InChI is InChI=1S/C12H9Br2FN2O2S/c13-9-4-11(7-16-6-9)20(18,19)17-5-8-3-10(15)1-2-12(8)14/h1-4,6-7,17H,5H2. The lowest BCUT2D eigenvalue weighted by atomic mass is 10.2. The molecule has 0 aliphatic carbocycles. The maximum atomic E-state index is 13.1. The van der Waals surface area contributed by atoms with Gasteiger partial charge in [-0.2, -0.15) is 0 Å². The van der Waals surface area contributed by atoms with Gasteiger partial charge in [-0.3, -0.25) is 4.98 Å². The number of nitrogens with zero attached hydrogens (tertiary/aromatic N) is 1. The molecule has 0 fully saturated rings. The number of pyridine rings is 1. The van der Waals surface area contributed by atoms with E-state index in [1.807, 2.05) is 0 Å². The third kappa shape index (κ3) is 3.85. The highest BCUT2D eigenvalue weighted by molar-refractivity contribution is 9.10. The first-order valence-corrected chi connectivity index (χ1v) is 8.49. The van der Waals surface area contributed by atoms with E-state index >= 15 is 0 Å². The van der Waals surface area contributed by atoms with Gasteiger partial charge in [0.1, 0.15) is 10.7 Å². The van der Waals surface area contributed by atoms with Gasteiger partial charge in [-0.25, -0.2) is 17.5 Å². The number of nitrogens with one attached hydrogen (secondary N) is 1. The van der Waals surface area contributed by atoms with E-state index in [4.69, 9.17) is 0 Å². The Labute approximate surface area is 132 Å². The first-order chi connectivity index (χ1) is 9.38. The largest absolute Gasteiger partial charge is 0.262 e. The average Bonchev–Trinajstić information content (AvgIpc) is 2.40. The van der Waals surface area contributed by atoms with Crippen molar-refractivity contribution in [2.45, 2.75) is 11.4 Å². The summed E-state index contributed by atoms with van der Waals surface area (Å²) in [7, 11) is -3.70. The Bertz CT molecular complexity index is 738. The minimum atomic E-state index is -3.70. The third-order valence-electron chi connectivity index (χ3n) is 2.45. The van der Waals surface area contributed by atoms with E-state index in [2.05, 4.69) is 41.6 Å². The molecule has 20 heavy (non-hydrogen) atoms. The third-order valence-corrected chi connectivity index (χ3v) is 5.03. The number of halogens is 3.